The van der Waals surface area contributed by atoms with Gasteiger partial charge in [0.05, 0.1) is 11.3 Å². The van der Waals surface area contributed by atoms with Crippen LogP contribution in [0.2, 0.25) is 0 Å². The molecule has 1 N–H and O–H groups in total. The van der Waals surface area contributed by atoms with Gasteiger partial charge < -0.3 is 10.1 Å². The highest BCUT2D eigenvalue weighted by molar-refractivity contribution is 9.10. The van der Waals surface area contributed by atoms with E-state index in [2.05, 4.69) is 21.2 Å². The van der Waals surface area contributed by atoms with E-state index in [4.69, 9.17) is 4.74 Å². The summed E-state index contributed by atoms with van der Waals surface area (Å²) in [5.74, 6) is 0.0355. The molecule has 0 aromatic heterocycles. The maximum atomic E-state index is 12.9. The van der Waals surface area contributed by atoms with Crippen LogP contribution in [0.15, 0.2) is 46.9 Å². The third-order valence-electron chi connectivity index (χ3n) is 3.46. The first-order chi connectivity index (χ1) is 11.7. The first-order valence-corrected chi connectivity index (χ1v) is 8.36. The zero-order valence-corrected chi connectivity index (χ0v) is 15.2. The summed E-state index contributed by atoms with van der Waals surface area (Å²) in [5, 5.41) is 2.25. The van der Waals surface area contributed by atoms with E-state index in [0.29, 0.717) is 5.75 Å². The van der Waals surface area contributed by atoms with Crippen molar-refractivity contribution in [3.05, 3.63) is 58.1 Å². The number of amides is 1. The molecule has 2 rings (SSSR count). The summed E-state index contributed by atoms with van der Waals surface area (Å²) in [6.45, 7) is 3.58. The zero-order valence-electron chi connectivity index (χ0n) is 13.7. The maximum absolute atomic E-state index is 12.9. The summed E-state index contributed by atoms with van der Waals surface area (Å²) in [4.78, 5) is 12.0. The van der Waals surface area contributed by atoms with Crippen LogP contribution in [0.5, 0.6) is 5.75 Å². The highest BCUT2D eigenvalue weighted by Crippen LogP contribution is 2.34. The molecular weight excluding hydrogens is 399 g/mol. The Morgan fingerprint density at radius 2 is 1.88 bits per heavy atom. The molecule has 0 bridgehead atoms. The largest absolute Gasteiger partial charge is 0.483 e. The lowest BCUT2D eigenvalue weighted by Gasteiger charge is -2.16. The molecule has 0 aliphatic heterocycles. The minimum Gasteiger partial charge on any atom is -0.483 e. The molecule has 0 saturated carbocycles. The summed E-state index contributed by atoms with van der Waals surface area (Å²) in [6.07, 6.45) is -4.54. The fourth-order valence-corrected chi connectivity index (χ4v) is 2.65. The first kappa shape index (κ1) is 19.3. The smallest absolute Gasteiger partial charge is 0.418 e. The van der Waals surface area contributed by atoms with Crippen LogP contribution in [0.25, 0.3) is 0 Å². The van der Waals surface area contributed by atoms with Crippen LogP contribution in [0.1, 0.15) is 30.9 Å². The molecule has 134 valence electrons. The summed E-state index contributed by atoms with van der Waals surface area (Å²) in [7, 11) is 0. The Kier molecular flexibility index (Phi) is 6.11. The monoisotopic (exact) mass is 415 g/mol. The molecule has 0 aliphatic carbocycles. The van der Waals surface area contributed by atoms with Gasteiger partial charge >= 0.3 is 6.18 Å². The van der Waals surface area contributed by atoms with Crippen molar-refractivity contribution in [2.75, 3.05) is 11.9 Å². The van der Waals surface area contributed by atoms with E-state index in [-0.39, 0.29) is 18.2 Å². The molecule has 3 nitrogen and oxygen atoms in total. The van der Waals surface area contributed by atoms with Crippen molar-refractivity contribution in [2.24, 2.45) is 0 Å². The zero-order chi connectivity index (χ0) is 18.6. The lowest BCUT2D eigenvalue weighted by atomic mass is 10.0. The van der Waals surface area contributed by atoms with Gasteiger partial charge in [-0.15, -0.1) is 0 Å². The summed E-state index contributed by atoms with van der Waals surface area (Å²) >= 11 is 3.37. The average molecular weight is 416 g/mol. The normalized spacial score (nSPS) is 11.5. The Labute approximate surface area is 152 Å². The molecule has 0 atom stereocenters. The van der Waals surface area contributed by atoms with E-state index < -0.39 is 17.6 Å². The lowest BCUT2D eigenvalue weighted by Crippen LogP contribution is -2.22. The second kappa shape index (κ2) is 7.91. The number of hydrogen-bond donors (Lipinski definition) is 1. The minimum absolute atomic E-state index is 0.168. The van der Waals surface area contributed by atoms with Crippen molar-refractivity contribution in [3.8, 4) is 5.75 Å². The molecule has 1 amide bonds. The fraction of sp³-hybridized carbons (Fsp3) is 0.278. The molecule has 0 aliphatic rings. The lowest BCUT2D eigenvalue weighted by molar-refractivity contribution is -0.137. The van der Waals surface area contributed by atoms with E-state index in [1.165, 1.54) is 18.2 Å². The number of ether oxygens (including phenoxy) is 1. The van der Waals surface area contributed by atoms with Crippen LogP contribution in [-0.4, -0.2) is 12.5 Å². The molecule has 0 saturated heterocycles. The number of carbonyl (C=O) groups excluding carboxylic acids is 1. The van der Waals surface area contributed by atoms with Crippen LogP contribution in [-0.2, 0) is 11.0 Å². The van der Waals surface area contributed by atoms with Crippen molar-refractivity contribution in [1.82, 2.24) is 0 Å². The number of para-hydroxylation sites is 1. The quantitative estimate of drug-likeness (QED) is 0.688. The molecule has 0 heterocycles. The Bertz CT molecular complexity index is 760. The standard InChI is InChI=1S/C18H17BrF3NO2/c1-11(2)13-9-12(19)7-8-16(13)25-10-17(24)23-15-6-4-3-5-14(15)18(20,21)22/h3-9,11H,10H2,1-2H3,(H,23,24). The van der Waals surface area contributed by atoms with Gasteiger partial charge in [0.15, 0.2) is 6.61 Å². The van der Waals surface area contributed by atoms with Crippen molar-refractivity contribution >= 4 is 27.5 Å². The van der Waals surface area contributed by atoms with Crippen LogP contribution in [0.4, 0.5) is 18.9 Å². The van der Waals surface area contributed by atoms with Crippen LogP contribution >= 0.6 is 15.9 Å². The Balaban J connectivity index is 2.08. The molecule has 25 heavy (non-hydrogen) atoms. The van der Waals surface area contributed by atoms with Crippen molar-refractivity contribution < 1.29 is 22.7 Å². The highest BCUT2D eigenvalue weighted by atomic mass is 79.9. The van der Waals surface area contributed by atoms with Gasteiger partial charge in [-0.3, -0.25) is 4.79 Å². The number of benzene rings is 2. The van der Waals surface area contributed by atoms with Gasteiger partial charge in [0.1, 0.15) is 5.75 Å². The van der Waals surface area contributed by atoms with Gasteiger partial charge in [-0.2, -0.15) is 13.2 Å². The summed E-state index contributed by atoms with van der Waals surface area (Å²) < 4.78 is 45.2. The van der Waals surface area contributed by atoms with Gasteiger partial charge in [-0.25, -0.2) is 0 Å². The van der Waals surface area contributed by atoms with E-state index in [1.807, 2.05) is 19.9 Å². The third-order valence-corrected chi connectivity index (χ3v) is 3.95. The third kappa shape index (κ3) is 5.22. The van der Waals surface area contributed by atoms with Gasteiger partial charge in [-0.1, -0.05) is 41.9 Å². The van der Waals surface area contributed by atoms with E-state index >= 15 is 0 Å². The second-order valence-electron chi connectivity index (χ2n) is 5.72. The molecule has 0 fully saturated rings. The van der Waals surface area contributed by atoms with Crippen molar-refractivity contribution in [1.29, 1.82) is 0 Å². The van der Waals surface area contributed by atoms with E-state index in [9.17, 15) is 18.0 Å². The highest BCUT2D eigenvalue weighted by Gasteiger charge is 2.33. The molecule has 7 heteroatoms. The number of carbonyl (C=O) groups is 1. The van der Waals surface area contributed by atoms with Gasteiger partial charge in [0, 0.05) is 4.47 Å². The summed E-state index contributed by atoms with van der Waals surface area (Å²) in [5.41, 5.74) is -0.281. The number of alkyl halides is 3. The molecule has 2 aromatic carbocycles. The molecule has 0 spiro atoms. The minimum atomic E-state index is -4.54. The fourth-order valence-electron chi connectivity index (χ4n) is 2.27. The Hall–Kier alpha value is -2.02. The van der Waals surface area contributed by atoms with Gasteiger partial charge in [0.2, 0.25) is 0 Å². The van der Waals surface area contributed by atoms with E-state index in [1.54, 1.807) is 12.1 Å². The van der Waals surface area contributed by atoms with Crippen LogP contribution < -0.4 is 10.1 Å². The van der Waals surface area contributed by atoms with Crippen molar-refractivity contribution in [2.45, 2.75) is 25.9 Å². The number of anilines is 1. The molecule has 0 radical (unpaired) electrons. The number of hydrogen-bond acceptors (Lipinski definition) is 2. The van der Waals surface area contributed by atoms with Crippen LogP contribution in [0, 0.1) is 0 Å². The number of nitrogens with one attached hydrogen (secondary N) is 1. The second-order valence-corrected chi connectivity index (χ2v) is 6.63. The van der Waals surface area contributed by atoms with Gasteiger partial charge in [0.25, 0.3) is 5.91 Å². The van der Waals surface area contributed by atoms with E-state index in [0.717, 1.165) is 16.1 Å². The first-order valence-electron chi connectivity index (χ1n) is 7.57. The molecular formula is C18H17BrF3NO2. The summed E-state index contributed by atoms with van der Waals surface area (Å²) in [6, 6.07) is 10.2. The molecule has 2 aromatic rings. The average Bonchev–Trinajstić information content (AvgIpc) is 2.53. The Morgan fingerprint density at radius 3 is 2.52 bits per heavy atom. The van der Waals surface area contributed by atoms with Gasteiger partial charge in [-0.05, 0) is 41.8 Å². The predicted octanol–water partition coefficient (Wildman–Crippen LogP) is 5.61. The molecule has 0 unspecified atom stereocenters. The topological polar surface area (TPSA) is 38.3 Å². The van der Waals surface area contributed by atoms with Crippen LogP contribution in [0.3, 0.4) is 0 Å². The number of halogens is 4. The van der Waals surface area contributed by atoms with Crippen molar-refractivity contribution in [3.63, 3.8) is 0 Å². The SMILES string of the molecule is CC(C)c1cc(Br)ccc1OCC(=O)Nc1ccccc1C(F)(F)F. The maximum Gasteiger partial charge on any atom is 0.418 e. The Morgan fingerprint density at radius 1 is 1.20 bits per heavy atom. The number of rotatable bonds is 5. The predicted molar refractivity (Wildman–Crippen MR) is 93.8 cm³/mol.